The van der Waals surface area contributed by atoms with E-state index in [-0.39, 0.29) is 5.91 Å². The van der Waals surface area contributed by atoms with Crippen molar-refractivity contribution in [2.24, 2.45) is 5.41 Å². The van der Waals surface area contributed by atoms with Crippen LogP contribution < -0.4 is 5.32 Å². The third-order valence-electron chi connectivity index (χ3n) is 4.44. The number of thiazole rings is 1. The fourth-order valence-corrected chi connectivity index (χ4v) is 4.24. The van der Waals surface area contributed by atoms with Crippen LogP contribution in [0.3, 0.4) is 0 Å². The number of oxazole rings is 1. The Balaban J connectivity index is 1.53. The first-order chi connectivity index (χ1) is 10.5. The lowest BCUT2D eigenvalue weighted by Gasteiger charge is -2.28. The molecular formula is C16H19N3O2S. The van der Waals surface area contributed by atoms with Crippen molar-refractivity contribution in [2.75, 3.05) is 5.32 Å². The van der Waals surface area contributed by atoms with Gasteiger partial charge in [-0.2, -0.15) is 0 Å². The van der Waals surface area contributed by atoms with Gasteiger partial charge < -0.3 is 4.42 Å². The summed E-state index contributed by atoms with van der Waals surface area (Å²) in [6, 6.07) is 0. The molecule has 5 nitrogen and oxygen atoms in total. The number of carbonyl (C=O) groups excluding carboxylic acids is 1. The minimum Gasteiger partial charge on any atom is -0.438 e. The highest BCUT2D eigenvalue weighted by atomic mass is 32.1. The molecule has 0 unspecified atom stereocenters. The molecule has 2 aromatic heterocycles. The highest BCUT2D eigenvalue weighted by Gasteiger charge is 2.33. The van der Waals surface area contributed by atoms with Gasteiger partial charge in [0, 0.05) is 10.8 Å². The molecule has 0 spiro atoms. The Kier molecular flexibility index (Phi) is 3.11. The molecule has 6 heteroatoms. The van der Waals surface area contributed by atoms with Crippen LogP contribution in [0.25, 0.3) is 0 Å². The normalized spacial score (nSPS) is 19.7. The summed E-state index contributed by atoms with van der Waals surface area (Å²) in [5.41, 5.74) is 2.25. The first-order valence-electron chi connectivity index (χ1n) is 7.75. The maximum absolute atomic E-state index is 12.4. The van der Waals surface area contributed by atoms with Crippen molar-refractivity contribution in [1.29, 1.82) is 0 Å². The molecule has 0 radical (unpaired) electrons. The number of aryl methyl sites for hydroxylation is 1. The van der Waals surface area contributed by atoms with Crippen LogP contribution in [0.15, 0.2) is 10.8 Å². The molecule has 0 atom stereocenters. The van der Waals surface area contributed by atoms with Gasteiger partial charge in [-0.3, -0.25) is 10.1 Å². The van der Waals surface area contributed by atoms with Crippen molar-refractivity contribution in [2.45, 2.75) is 51.9 Å². The molecular weight excluding hydrogens is 298 g/mol. The number of carbonyl (C=O) groups is 1. The summed E-state index contributed by atoms with van der Waals surface area (Å²) < 4.78 is 5.29. The largest absolute Gasteiger partial charge is 0.438 e. The molecule has 2 aromatic rings. The number of nitrogens with one attached hydrogen (secondary N) is 1. The molecule has 2 aliphatic rings. The van der Waals surface area contributed by atoms with Gasteiger partial charge in [-0.25, -0.2) is 9.97 Å². The van der Waals surface area contributed by atoms with Crippen molar-refractivity contribution < 1.29 is 9.21 Å². The number of hydrogen-bond acceptors (Lipinski definition) is 5. The van der Waals surface area contributed by atoms with E-state index in [0.29, 0.717) is 22.2 Å². The zero-order chi connectivity index (χ0) is 15.3. The molecule has 0 aliphatic heterocycles. The lowest BCUT2D eigenvalue weighted by molar-refractivity contribution is 0.0995. The van der Waals surface area contributed by atoms with Crippen LogP contribution in [0.1, 0.15) is 65.8 Å². The molecule has 2 aliphatic carbocycles. The number of amides is 1. The van der Waals surface area contributed by atoms with Gasteiger partial charge in [-0.1, -0.05) is 13.8 Å². The van der Waals surface area contributed by atoms with E-state index in [1.165, 1.54) is 11.3 Å². The van der Waals surface area contributed by atoms with Gasteiger partial charge in [0.25, 0.3) is 5.91 Å². The van der Waals surface area contributed by atoms with Crippen molar-refractivity contribution >= 4 is 22.4 Å². The van der Waals surface area contributed by atoms with Crippen LogP contribution in [0.5, 0.6) is 0 Å². The van der Waals surface area contributed by atoms with Gasteiger partial charge in [0.15, 0.2) is 11.5 Å². The fraction of sp³-hybridized carbons (Fsp3) is 0.562. The minimum absolute atomic E-state index is 0.232. The molecule has 4 rings (SSSR count). The number of fused-ring (bicyclic) bond motifs is 1. The van der Waals surface area contributed by atoms with Gasteiger partial charge in [-0.05, 0) is 37.5 Å². The summed E-state index contributed by atoms with van der Waals surface area (Å²) >= 11 is 1.59. The first kappa shape index (κ1) is 13.9. The highest BCUT2D eigenvalue weighted by Crippen LogP contribution is 2.41. The topological polar surface area (TPSA) is 68.0 Å². The number of anilines is 1. The van der Waals surface area contributed by atoms with E-state index in [1.807, 2.05) is 0 Å². The van der Waals surface area contributed by atoms with E-state index in [2.05, 4.69) is 29.1 Å². The second kappa shape index (κ2) is 4.91. The molecule has 1 N–H and O–H groups in total. The van der Waals surface area contributed by atoms with Crippen molar-refractivity contribution in [3.05, 3.63) is 28.4 Å². The molecule has 22 heavy (non-hydrogen) atoms. The molecule has 0 aromatic carbocycles. The van der Waals surface area contributed by atoms with Crippen LogP contribution in [0.4, 0.5) is 5.13 Å². The van der Waals surface area contributed by atoms with Crippen molar-refractivity contribution in [1.82, 2.24) is 9.97 Å². The quantitative estimate of drug-likeness (QED) is 0.935. The lowest BCUT2D eigenvalue weighted by atomic mass is 9.79. The maximum Gasteiger partial charge on any atom is 0.295 e. The third-order valence-corrected chi connectivity index (χ3v) is 5.45. The van der Waals surface area contributed by atoms with Crippen molar-refractivity contribution in [3.63, 3.8) is 0 Å². The van der Waals surface area contributed by atoms with Crippen LogP contribution in [-0.2, 0) is 12.8 Å². The maximum atomic E-state index is 12.4. The number of nitrogens with zero attached hydrogens (tertiary/aromatic N) is 2. The Hall–Kier alpha value is -1.69. The molecule has 1 saturated carbocycles. The van der Waals surface area contributed by atoms with Gasteiger partial charge in [0.05, 0.1) is 11.4 Å². The van der Waals surface area contributed by atoms with E-state index >= 15 is 0 Å². The van der Waals surface area contributed by atoms with E-state index in [9.17, 15) is 4.79 Å². The summed E-state index contributed by atoms with van der Waals surface area (Å²) in [5.74, 6) is 0.505. The second-order valence-corrected chi connectivity index (χ2v) is 8.11. The number of aromatic nitrogens is 2. The predicted octanol–water partition coefficient (Wildman–Crippen LogP) is 3.78. The zero-order valence-electron chi connectivity index (χ0n) is 12.8. The summed E-state index contributed by atoms with van der Waals surface area (Å²) in [6.07, 6.45) is 6.71. The van der Waals surface area contributed by atoms with Crippen LogP contribution >= 0.6 is 11.3 Å². The van der Waals surface area contributed by atoms with Gasteiger partial charge in [-0.15, -0.1) is 11.3 Å². The Labute approximate surface area is 133 Å². The van der Waals surface area contributed by atoms with Crippen LogP contribution in [-0.4, -0.2) is 15.9 Å². The van der Waals surface area contributed by atoms with E-state index in [4.69, 9.17) is 4.42 Å². The molecule has 2 heterocycles. The summed E-state index contributed by atoms with van der Waals surface area (Å²) in [6.45, 7) is 4.56. The van der Waals surface area contributed by atoms with Crippen molar-refractivity contribution in [3.8, 4) is 0 Å². The van der Waals surface area contributed by atoms with Crippen LogP contribution in [0.2, 0.25) is 0 Å². The first-order valence-corrected chi connectivity index (χ1v) is 8.57. The standard InChI is InChI=1S/C16H19N3O2S/c1-16(2)6-5-10-11(7-16)22-15(18-10)19-14(20)13-12(9-3-4-9)17-8-21-13/h8-9H,3-7H2,1-2H3,(H,18,19,20). The Morgan fingerprint density at radius 1 is 1.45 bits per heavy atom. The summed E-state index contributed by atoms with van der Waals surface area (Å²) in [5, 5.41) is 3.56. The van der Waals surface area contributed by atoms with Gasteiger partial charge in [0.2, 0.25) is 5.76 Å². The Morgan fingerprint density at radius 3 is 3.05 bits per heavy atom. The van der Waals surface area contributed by atoms with Gasteiger partial charge >= 0.3 is 0 Å². The van der Waals surface area contributed by atoms with E-state index in [0.717, 1.165) is 43.5 Å². The van der Waals surface area contributed by atoms with Crippen LogP contribution in [0, 0.1) is 5.41 Å². The average Bonchev–Trinajstić information content (AvgIpc) is 3.04. The molecule has 116 valence electrons. The number of hydrogen-bond donors (Lipinski definition) is 1. The third kappa shape index (κ3) is 2.56. The molecule has 0 bridgehead atoms. The minimum atomic E-state index is -0.232. The lowest BCUT2D eigenvalue weighted by Crippen LogP contribution is -2.20. The smallest absolute Gasteiger partial charge is 0.295 e. The average molecular weight is 317 g/mol. The predicted molar refractivity (Wildman–Crippen MR) is 84.4 cm³/mol. The number of rotatable bonds is 3. The summed E-state index contributed by atoms with van der Waals surface area (Å²) in [4.78, 5) is 22.4. The summed E-state index contributed by atoms with van der Waals surface area (Å²) in [7, 11) is 0. The molecule has 1 amide bonds. The fourth-order valence-electron chi connectivity index (χ4n) is 2.98. The Morgan fingerprint density at radius 2 is 2.27 bits per heavy atom. The second-order valence-electron chi connectivity index (χ2n) is 7.03. The highest BCUT2D eigenvalue weighted by molar-refractivity contribution is 7.15. The van der Waals surface area contributed by atoms with Gasteiger partial charge in [0.1, 0.15) is 0 Å². The SMILES string of the molecule is CC1(C)CCc2nc(NC(=O)c3ocnc3C3CC3)sc2C1. The van der Waals surface area contributed by atoms with E-state index in [1.54, 1.807) is 11.3 Å². The molecule has 1 fully saturated rings. The van der Waals surface area contributed by atoms with E-state index < -0.39 is 0 Å². The Bertz CT molecular complexity index is 728. The monoisotopic (exact) mass is 317 g/mol. The zero-order valence-corrected chi connectivity index (χ0v) is 13.6. The molecule has 0 saturated heterocycles.